The van der Waals surface area contributed by atoms with Crippen molar-refractivity contribution in [3.8, 4) is 28.3 Å². The van der Waals surface area contributed by atoms with Crippen molar-refractivity contribution >= 4 is 52.7 Å². The van der Waals surface area contributed by atoms with Crippen LogP contribution in [0, 0.1) is 5.92 Å². The van der Waals surface area contributed by atoms with Gasteiger partial charge in [-0.05, 0) is 25.5 Å². The third kappa shape index (κ3) is 6.44. The smallest absolute Gasteiger partial charge is 0.326 e. The largest absolute Gasteiger partial charge is 0.480 e. The molecule has 0 saturated carbocycles. The maximum absolute atomic E-state index is 13.1. The van der Waals surface area contributed by atoms with Crippen LogP contribution < -0.4 is 10.1 Å². The molecule has 2 N–H and O–H groups in total. The highest BCUT2D eigenvalue weighted by atomic mass is 35.5. The fraction of sp³-hybridized carbons (Fsp3) is 0.355. The van der Waals surface area contributed by atoms with E-state index in [4.69, 9.17) is 27.9 Å². The maximum atomic E-state index is 13.1. The van der Waals surface area contributed by atoms with Gasteiger partial charge >= 0.3 is 12.0 Å². The highest BCUT2D eigenvalue weighted by molar-refractivity contribution is 6.39. The first-order chi connectivity index (χ1) is 21.5. The topological polar surface area (TPSA) is 145 Å². The average Bonchev–Trinajstić information content (AvgIpc) is 3.03. The number of halogens is 2. The first-order valence-electron chi connectivity index (χ1n) is 14.3. The van der Waals surface area contributed by atoms with Gasteiger partial charge in [0.1, 0.15) is 17.7 Å². The number of imide groups is 1. The highest BCUT2D eigenvalue weighted by Crippen LogP contribution is 2.41. The van der Waals surface area contributed by atoms with Crippen molar-refractivity contribution in [3.05, 3.63) is 58.3 Å². The zero-order chi connectivity index (χ0) is 32.4. The lowest BCUT2D eigenvalue weighted by Gasteiger charge is -2.33. The molecule has 1 unspecified atom stereocenters. The van der Waals surface area contributed by atoms with E-state index >= 15 is 0 Å². The lowest BCUT2D eigenvalue weighted by atomic mass is 10.00. The fourth-order valence-corrected chi connectivity index (χ4v) is 6.25. The van der Waals surface area contributed by atoms with Crippen LogP contribution in [0.1, 0.15) is 25.0 Å². The Labute approximate surface area is 269 Å². The van der Waals surface area contributed by atoms with Crippen LogP contribution in [0.25, 0.3) is 22.4 Å². The standard InChI is InChI=1S/C31H32Cl2N6O6/c1-37-15-20(29(41)38(2)31(37)44)27(40)35-21-11-7-9-18(26(21)33)17-8-6-10-19(25(17)32)22-14-34-23(28(36-22)45-3)16-39-13-5-4-12-24(39)30(42)43/h6-11,14,20,24H,4-5,12-13,15-16H2,1-3H3,(H,35,40)(H,42,43)/t20?,24-/m1/s1. The number of ether oxygens (including phenoxy) is 1. The van der Waals surface area contributed by atoms with E-state index in [-0.39, 0.29) is 29.7 Å². The molecule has 5 rings (SSSR count). The summed E-state index contributed by atoms with van der Waals surface area (Å²) >= 11 is 13.7. The summed E-state index contributed by atoms with van der Waals surface area (Å²) < 4.78 is 5.55. The molecular formula is C31H32Cl2N6O6. The molecule has 1 aromatic heterocycles. The minimum absolute atomic E-state index is 0.0551. The molecule has 4 amide bonds. The molecule has 2 atom stereocenters. The monoisotopic (exact) mass is 654 g/mol. The Bertz CT molecular complexity index is 1670. The number of rotatable bonds is 8. The molecule has 2 fully saturated rings. The van der Waals surface area contributed by atoms with Crippen molar-refractivity contribution in [3.63, 3.8) is 0 Å². The SMILES string of the molecule is COc1nc(-c2cccc(-c3cccc(NC(=O)C4CN(C)C(=O)N(C)C4=O)c3Cl)c2Cl)cnc1CN1CCCC[C@@H]1C(=O)O. The zero-order valence-corrected chi connectivity index (χ0v) is 26.4. The van der Waals surface area contributed by atoms with Crippen molar-refractivity contribution < 1.29 is 29.0 Å². The number of carbonyl (C=O) groups excluding carboxylic acids is 3. The fourth-order valence-electron chi connectivity index (χ4n) is 5.65. The molecule has 0 bridgehead atoms. The summed E-state index contributed by atoms with van der Waals surface area (Å²) in [6.45, 7) is 0.869. The summed E-state index contributed by atoms with van der Waals surface area (Å²) in [5.74, 6) is -2.87. The van der Waals surface area contributed by atoms with Gasteiger partial charge in [0.25, 0.3) is 0 Å². The van der Waals surface area contributed by atoms with Gasteiger partial charge in [-0.3, -0.25) is 29.2 Å². The number of anilines is 1. The number of aromatic nitrogens is 2. The second-order valence-electron chi connectivity index (χ2n) is 11.0. The number of benzene rings is 2. The van der Waals surface area contributed by atoms with E-state index in [0.29, 0.717) is 46.1 Å². The number of carbonyl (C=O) groups is 4. The predicted octanol–water partition coefficient (Wildman–Crippen LogP) is 4.64. The van der Waals surface area contributed by atoms with E-state index in [1.807, 2.05) is 4.90 Å². The molecule has 3 heterocycles. The van der Waals surface area contributed by atoms with Crippen LogP contribution in [0.2, 0.25) is 10.0 Å². The van der Waals surface area contributed by atoms with Gasteiger partial charge in [0.05, 0.1) is 34.7 Å². The van der Waals surface area contributed by atoms with E-state index in [9.17, 15) is 24.3 Å². The number of amides is 4. The van der Waals surface area contributed by atoms with Crippen LogP contribution in [-0.2, 0) is 20.9 Å². The first kappa shape index (κ1) is 32.1. The molecule has 2 saturated heterocycles. The highest BCUT2D eigenvalue weighted by Gasteiger charge is 2.39. The van der Waals surface area contributed by atoms with E-state index in [2.05, 4.69) is 15.3 Å². The molecule has 12 nitrogen and oxygen atoms in total. The number of aliphatic carboxylic acids is 1. The van der Waals surface area contributed by atoms with Gasteiger partial charge in [-0.15, -0.1) is 0 Å². The summed E-state index contributed by atoms with van der Waals surface area (Å²) in [5.41, 5.74) is 2.89. The van der Waals surface area contributed by atoms with Crippen LogP contribution in [0.4, 0.5) is 10.5 Å². The van der Waals surface area contributed by atoms with Crippen molar-refractivity contribution in [2.75, 3.05) is 39.6 Å². The van der Waals surface area contributed by atoms with Gasteiger partial charge in [0.2, 0.25) is 17.7 Å². The van der Waals surface area contributed by atoms with E-state index in [1.165, 1.54) is 26.1 Å². The summed E-state index contributed by atoms with van der Waals surface area (Å²) in [6.07, 6.45) is 3.91. The molecule has 3 aromatic rings. The number of urea groups is 1. The molecular weight excluding hydrogens is 623 g/mol. The molecule has 45 heavy (non-hydrogen) atoms. The minimum atomic E-state index is -1.09. The number of nitrogens with one attached hydrogen (secondary N) is 1. The van der Waals surface area contributed by atoms with Crippen LogP contribution in [0.15, 0.2) is 42.6 Å². The minimum Gasteiger partial charge on any atom is -0.480 e. The number of likely N-dealkylation sites (tertiary alicyclic amines) is 1. The van der Waals surface area contributed by atoms with Gasteiger partial charge in [0.15, 0.2) is 0 Å². The summed E-state index contributed by atoms with van der Waals surface area (Å²) in [7, 11) is 4.33. The Morgan fingerprint density at radius 3 is 2.44 bits per heavy atom. The molecule has 0 aliphatic carbocycles. The van der Waals surface area contributed by atoms with Crippen LogP contribution in [0.3, 0.4) is 0 Å². The molecule has 0 radical (unpaired) electrons. The molecule has 2 aliphatic rings. The van der Waals surface area contributed by atoms with Gasteiger partial charge in [0, 0.05) is 43.9 Å². The van der Waals surface area contributed by atoms with Crippen molar-refractivity contribution in [1.82, 2.24) is 24.7 Å². The molecule has 14 heteroatoms. The molecule has 236 valence electrons. The number of piperidine rings is 1. The Morgan fingerprint density at radius 2 is 1.73 bits per heavy atom. The number of hydrogen-bond acceptors (Lipinski definition) is 8. The Hall–Kier alpha value is -4.26. The number of carboxylic acid groups (broad SMARTS) is 1. The average molecular weight is 656 g/mol. The van der Waals surface area contributed by atoms with Gasteiger partial charge in [-0.25, -0.2) is 9.78 Å². The van der Waals surface area contributed by atoms with Gasteiger partial charge in [-0.1, -0.05) is 60.0 Å². The number of nitrogens with zero attached hydrogens (tertiary/aromatic N) is 5. The Kier molecular flexibility index (Phi) is 9.56. The molecule has 2 aromatic carbocycles. The molecule has 0 spiro atoms. The third-order valence-electron chi connectivity index (χ3n) is 8.09. The normalized spacial score (nSPS) is 19.0. The lowest BCUT2D eigenvalue weighted by Crippen LogP contribution is -2.56. The van der Waals surface area contributed by atoms with Crippen LogP contribution in [-0.4, -0.2) is 93.9 Å². The van der Waals surface area contributed by atoms with Crippen LogP contribution in [0.5, 0.6) is 5.88 Å². The second-order valence-corrected chi connectivity index (χ2v) is 11.7. The lowest BCUT2D eigenvalue weighted by molar-refractivity contribution is -0.145. The summed E-state index contributed by atoms with van der Waals surface area (Å²) in [4.78, 5) is 62.9. The maximum Gasteiger partial charge on any atom is 0.326 e. The van der Waals surface area contributed by atoms with Gasteiger partial charge < -0.3 is 20.1 Å². The van der Waals surface area contributed by atoms with Crippen molar-refractivity contribution in [2.45, 2.75) is 31.8 Å². The first-order valence-corrected chi connectivity index (χ1v) is 15.1. The van der Waals surface area contributed by atoms with E-state index in [0.717, 1.165) is 17.7 Å². The van der Waals surface area contributed by atoms with E-state index in [1.54, 1.807) is 42.6 Å². The van der Waals surface area contributed by atoms with E-state index < -0.39 is 35.8 Å². The Balaban J connectivity index is 1.41. The number of carboxylic acids is 1. The number of hydrogen-bond donors (Lipinski definition) is 2. The number of methoxy groups -OCH3 is 1. The Morgan fingerprint density at radius 1 is 1.04 bits per heavy atom. The molecule has 2 aliphatic heterocycles. The second kappa shape index (κ2) is 13.4. The summed E-state index contributed by atoms with van der Waals surface area (Å²) in [6, 6.07) is 9.34. The van der Waals surface area contributed by atoms with Crippen molar-refractivity contribution in [2.24, 2.45) is 5.92 Å². The van der Waals surface area contributed by atoms with Crippen molar-refractivity contribution in [1.29, 1.82) is 0 Å². The van der Waals surface area contributed by atoms with Crippen LogP contribution >= 0.6 is 23.2 Å². The predicted molar refractivity (Wildman–Crippen MR) is 168 cm³/mol. The third-order valence-corrected chi connectivity index (χ3v) is 8.91. The zero-order valence-electron chi connectivity index (χ0n) is 24.9. The quantitative estimate of drug-likeness (QED) is 0.332. The summed E-state index contributed by atoms with van der Waals surface area (Å²) in [5, 5.41) is 12.9. The van der Waals surface area contributed by atoms with Gasteiger partial charge in [-0.2, -0.15) is 0 Å².